The number of thiol groups is 1. The van der Waals surface area contributed by atoms with E-state index in [1.54, 1.807) is 11.3 Å². The van der Waals surface area contributed by atoms with Crippen LogP contribution in [0.2, 0.25) is 0 Å². The number of halogens is 1. The van der Waals surface area contributed by atoms with E-state index in [1.165, 1.54) is 21.2 Å². The summed E-state index contributed by atoms with van der Waals surface area (Å²) in [4.78, 5) is 1.03. The topological polar surface area (TPSA) is 0 Å². The van der Waals surface area contributed by atoms with Gasteiger partial charge in [0.1, 0.15) is 0 Å². The van der Waals surface area contributed by atoms with E-state index in [9.17, 15) is 0 Å². The number of fused-ring (bicyclic) bond motifs is 1. The van der Waals surface area contributed by atoms with Crippen molar-refractivity contribution in [3.8, 4) is 0 Å². The Bertz CT molecular complexity index is 445. The maximum absolute atomic E-state index is 5.83. The molecule has 0 atom stereocenters. The van der Waals surface area contributed by atoms with Crippen molar-refractivity contribution < 1.29 is 0 Å². The van der Waals surface area contributed by atoms with Gasteiger partial charge in [-0.05, 0) is 35.6 Å². The van der Waals surface area contributed by atoms with Crippen LogP contribution >= 0.6 is 35.6 Å². The second-order valence-electron chi connectivity index (χ2n) is 3.05. The summed E-state index contributed by atoms with van der Waals surface area (Å²) in [5.74, 6) is 0.566. The zero-order chi connectivity index (χ0) is 9.42. The Balaban J connectivity index is 2.82. The maximum Gasteiger partial charge on any atom is 0.0488 e. The highest BCUT2D eigenvalue weighted by Gasteiger charge is 2.06. The van der Waals surface area contributed by atoms with Crippen LogP contribution in [0.25, 0.3) is 10.1 Å². The summed E-state index contributed by atoms with van der Waals surface area (Å²) in [6.07, 6.45) is 0. The van der Waals surface area contributed by atoms with Crippen molar-refractivity contribution in [3.05, 3.63) is 28.6 Å². The molecule has 0 unspecified atom stereocenters. The van der Waals surface area contributed by atoms with Crippen LogP contribution in [-0.4, -0.2) is 0 Å². The highest BCUT2D eigenvalue weighted by molar-refractivity contribution is 7.80. The largest absolute Gasteiger partial charge is 0.143 e. The normalized spacial score (nSPS) is 11.0. The molecule has 0 saturated carbocycles. The van der Waals surface area contributed by atoms with Gasteiger partial charge in [-0.25, -0.2) is 0 Å². The van der Waals surface area contributed by atoms with Crippen molar-refractivity contribution >= 4 is 45.7 Å². The first-order valence-corrected chi connectivity index (χ1v) is 5.84. The fourth-order valence-corrected chi connectivity index (χ4v) is 3.37. The predicted octanol–water partition coefficient (Wildman–Crippen LogP) is 4.24. The van der Waals surface area contributed by atoms with Crippen LogP contribution in [0, 0.1) is 6.92 Å². The Labute approximate surface area is 91.9 Å². The van der Waals surface area contributed by atoms with Crippen molar-refractivity contribution in [1.29, 1.82) is 0 Å². The van der Waals surface area contributed by atoms with E-state index < -0.39 is 0 Å². The number of benzene rings is 1. The van der Waals surface area contributed by atoms with Gasteiger partial charge in [-0.3, -0.25) is 0 Å². The molecule has 13 heavy (non-hydrogen) atoms. The lowest BCUT2D eigenvalue weighted by atomic mass is 10.1. The smallest absolute Gasteiger partial charge is 0.0488 e. The lowest BCUT2D eigenvalue weighted by Gasteiger charge is -2.00. The van der Waals surface area contributed by atoms with Gasteiger partial charge in [0.25, 0.3) is 0 Å². The monoisotopic (exact) mass is 228 g/mol. The summed E-state index contributed by atoms with van der Waals surface area (Å²) in [6.45, 7) is 2.08. The van der Waals surface area contributed by atoms with E-state index in [4.69, 9.17) is 11.6 Å². The number of rotatable bonds is 1. The van der Waals surface area contributed by atoms with Gasteiger partial charge in [0.15, 0.2) is 0 Å². The van der Waals surface area contributed by atoms with Gasteiger partial charge >= 0.3 is 0 Å². The minimum absolute atomic E-state index is 0.566. The number of alkyl halides is 1. The fourth-order valence-electron chi connectivity index (χ4n) is 1.44. The SMILES string of the molecule is Cc1cc(S)c2c(CCl)csc2c1. The Hall–Kier alpha value is -0.180. The quantitative estimate of drug-likeness (QED) is 0.548. The van der Waals surface area contributed by atoms with Crippen LogP contribution in [0.15, 0.2) is 22.4 Å². The molecule has 0 saturated heterocycles. The highest BCUT2D eigenvalue weighted by atomic mass is 35.5. The molecule has 0 aliphatic rings. The van der Waals surface area contributed by atoms with Crippen molar-refractivity contribution in [2.75, 3.05) is 0 Å². The number of hydrogen-bond acceptors (Lipinski definition) is 2. The molecule has 0 aliphatic heterocycles. The molecule has 0 amide bonds. The summed E-state index contributed by atoms with van der Waals surface area (Å²) in [7, 11) is 0. The molecule has 0 bridgehead atoms. The molecular formula is C10H9ClS2. The maximum atomic E-state index is 5.83. The van der Waals surface area contributed by atoms with Crippen LogP contribution in [0.4, 0.5) is 0 Å². The molecule has 2 rings (SSSR count). The third kappa shape index (κ3) is 1.58. The third-order valence-corrected chi connectivity index (χ3v) is 3.64. The Morgan fingerprint density at radius 1 is 1.46 bits per heavy atom. The van der Waals surface area contributed by atoms with Gasteiger partial charge in [-0.2, -0.15) is 0 Å². The molecule has 0 N–H and O–H groups in total. The lowest BCUT2D eigenvalue weighted by molar-refractivity contribution is 1.40. The Morgan fingerprint density at radius 2 is 2.23 bits per heavy atom. The van der Waals surface area contributed by atoms with Crippen LogP contribution in [0.1, 0.15) is 11.1 Å². The molecule has 2 aromatic rings. The Kier molecular flexibility index (Phi) is 2.54. The highest BCUT2D eigenvalue weighted by Crippen LogP contribution is 2.33. The standard InChI is InChI=1S/C10H9ClS2/c1-6-2-8(12)10-7(4-11)5-13-9(10)3-6/h2-3,5,12H,4H2,1H3. The summed E-state index contributed by atoms with van der Waals surface area (Å²) >= 11 is 12.0. The first-order valence-electron chi connectivity index (χ1n) is 3.98. The van der Waals surface area contributed by atoms with E-state index in [2.05, 4.69) is 37.1 Å². The van der Waals surface area contributed by atoms with Gasteiger partial charge in [-0.1, -0.05) is 0 Å². The molecule has 0 fully saturated rings. The van der Waals surface area contributed by atoms with Crippen molar-refractivity contribution in [2.24, 2.45) is 0 Å². The molecule has 1 aromatic heterocycles. The third-order valence-electron chi connectivity index (χ3n) is 2.02. The number of thiophene rings is 1. The lowest BCUT2D eigenvalue weighted by Crippen LogP contribution is -1.78. The van der Waals surface area contributed by atoms with Crippen LogP contribution < -0.4 is 0 Å². The summed E-state index contributed by atoms with van der Waals surface area (Å²) in [5.41, 5.74) is 2.44. The molecule has 0 spiro atoms. The van der Waals surface area contributed by atoms with E-state index in [0.29, 0.717) is 5.88 Å². The minimum Gasteiger partial charge on any atom is -0.143 e. The van der Waals surface area contributed by atoms with Crippen molar-refractivity contribution in [1.82, 2.24) is 0 Å². The zero-order valence-corrected chi connectivity index (χ0v) is 9.64. The van der Waals surface area contributed by atoms with Crippen LogP contribution in [-0.2, 0) is 5.88 Å². The molecule has 0 nitrogen and oxygen atoms in total. The predicted molar refractivity (Wildman–Crippen MR) is 63.4 cm³/mol. The molecule has 3 heteroatoms. The summed E-state index contributed by atoms with van der Waals surface area (Å²) < 4.78 is 1.28. The first-order chi connectivity index (χ1) is 6.22. The molecule has 68 valence electrons. The van der Waals surface area contributed by atoms with Gasteiger partial charge in [-0.15, -0.1) is 35.6 Å². The van der Waals surface area contributed by atoms with E-state index >= 15 is 0 Å². The molecule has 1 heterocycles. The zero-order valence-electron chi connectivity index (χ0n) is 7.17. The van der Waals surface area contributed by atoms with Gasteiger partial charge in [0.05, 0.1) is 0 Å². The van der Waals surface area contributed by atoms with Gasteiger partial charge in [0, 0.05) is 20.9 Å². The second kappa shape index (κ2) is 3.52. The second-order valence-corrected chi connectivity index (χ2v) is 4.71. The van der Waals surface area contributed by atoms with Crippen LogP contribution in [0.3, 0.4) is 0 Å². The van der Waals surface area contributed by atoms with E-state index in [0.717, 1.165) is 4.90 Å². The van der Waals surface area contributed by atoms with Crippen LogP contribution in [0.5, 0.6) is 0 Å². The van der Waals surface area contributed by atoms with Gasteiger partial charge in [0.2, 0.25) is 0 Å². The number of aryl methyl sites for hydroxylation is 1. The van der Waals surface area contributed by atoms with E-state index in [1.807, 2.05) is 0 Å². The molecule has 0 aliphatic carbocycles. The summed E-state index contributed by atoms with van der Waals surface area (Å²) in [5, 5.41) is 3.32. The first kappa shape index (κ1) is 9.38. The number of hydrogen-bond donors (Lipinski definition) is 1. The average molecular weight is 229 g/mol. The van der Waals surface area contributed by atoms with E-state index in [-0.39, 0.29) is 0 Å². The molecule has 0 radical (unpaired) electrons. The minimum atomic E-state index is 0.566. The average Bonchev–Trinajstić information content (AvgIpc) is 2.47. The molecule has 1 aromatic carbocycles. The summed E-state index contributed by atoms with van der Waals surface area (Å²) in [6, 6.07) is 4.25. The van der Waals surface area contributed by atoms with Crippen molar-refractivity contribution in [3.63, 3.8) is 0 Å². The Morgan fingerprint density at radius 3 is 2.92 bits per heavy atom. The molecular weight excluding hydrogens is 220 g/mol. The van der Waals surface area contributed by atoms with Crippen molar-refractivity contribution in [2.45, 2.75) is 17.7 Å². The fraction of sp³-hybridized carbons (Fsp3) is 0.200. The van der Waals surface area contributed by atoms with Gasteiger partial charge < -0.3 is 0 Å².